The fourth-order valence-corrected chi connectivity index (χ4v) is 3.55. The molecule has 0 aliphatic carbocycles. The standard InChI is InChI=1S/C19H30O8/c1-10(8-18(6,24)16(2,3)4)25-11(20)9-17(5)14(23)27-15-19(17,7)12(21)13(22)26-15/h10,12,15,21,24H,8-9H2,1-7H3/t10-,12-,15+,17+,18-,19+/m1/s1. The number of aliphatic hydroxyl groups excluding tert-OH is 1. The molecule has 0 spiro atoms. The Morgan fingerprint density at radius 2 is 1.78 bits per heavy atom. The van der Waals surface area contributed by atoms with Gasteiger partial charge in [-0.1, -0.05) is 20.8 Å². The summed E-state index contributed by atoms with van der Waals surface area (Å²) in [5.41, 5.74) is -4.35. The van der Waals surface area contributed by atoms with Gasteiger partial charge in [-0.15, -0.1) is 0 Å². The molecule has 0 radical (unpaired) electrons. The van der Waals surface area contributed by atoms with E-state index in [0.717, 1.165) is 0 Å². The molecular formula is C19H30O8. The van der Waals surface area contributed by atoms with E-state index in [0.29, 0.717) is 0 Å². The molecule has 8 heteroatoms. The van der Waals surface area contributed by atoms with E-state index in [4.69, 9.17) is 14.2 Å². The van der Waals surface area contributed by atoms with Crippen LogP contribution in [0.5, 0.6) is 0 Å². The van der Waals surface area contributed by atoms with Gasteiger partial charge in [-0.25, -0.2) is 4.79 Å². The summed E-state index contributed by atoms with van der Waals surface area (Å²) in [7, 11) is 0. The van der Waals surface area contributed by atoms with E-state index in [1.54, 1.807) is 13.8 Å². The Morgan fingerprint density at radius 3 is 2.30 bits per heavy atom. The highest BCUT2D eigenvalue weighted by molar-refractivity contribution is 5.90. The third kappa shape index (κ3) is 3.33. The zero-order valence-electron chi connectivity index (χ0n) is 17.0. The Kier molecular flexibility index (Phi) is 5.16. The second kappa shape index (κ2) is 6.44. The van der Waals surface area contributed by atoms with Crippen molar-refractivity contribution >= 4 is 17.9 Å². The molecule has 2 aliphatic rings. The SMILES string of the molecule is C[C@H](C[C@@](C)(O)C(C)(C)C)OC(=O)C[C@@]1(C)C(=O)O[C@@H]2OC(=O)[C@@H](O)[C@@]21C. The van der Waals surface area contributed by atoms with Gasteiger partial charge in [0.15, 0.2) is 6.10 Å². The molecule has 6 atom stereocenters. The molecule has 0 bridgehead atoms. The first kappa shape index (κ1) is 21.6. The number of esters is 3. The zero-order chi connectivity index (χ0) is 21.0. The van der Waals surface area contributed by atoms with Gasteiger partial charge in [0, 0.05) is 6.42 Å². The number of fused-ring (bicyclic) bond motifs is 1. The molecule has 2 rings (SSSR count). The molecule has 2 aliphatic heterocycles. The Hall–Kier alpha value is -1.67. The maximum Gasteiger partial charge on any atom is 0.338 e. The van der Waals surface area contributed by atoms with Gasteiger partial charge in [0.05, 0.1) is 22.9 Å². The summed E-state index contributed by atoms with van der Waals surface area (Å²) in [6.45, 7) is 11.9. The molecule has 2 N–H and O–H groups in total. The summed E-state index contributed by atoms with van der Waals surface area (Å²) < 4.78 is 15.4. The van der Waals surface area contributed by atoms with Crippen LogP contribution in [0.4, 0.5) is 0 Å². The van der Waals surface area contributed by atoms with Crippen molar-refractivity contribution in [2.45, 2.75) is 85.4 Å². The number of carbonyl (C=O) groups is 3. The minimum absolute atomic E-state index is 0.216. The molecule has 0 saturated carbocycles. The third-order valence-corrected chi connectivity index (χ3v) is 6.49. The number of carbonyl (C=O) groups excluding carboxylic acids is 3. The van der Waals surface area contributed by atoms with Gasteiger partial charge < -0.3 is 24.4 Å². The summed E-state index contributed by atoms with van der Waals surface area (Å²) in [6.07, 6.45) is -3.57. The first-order chi connectivity index (χ1) is 12.1. The summed E-state index contributed by atoms with van der Waals surface area (Å²) in [5.74, 6) is -2.29. The molecule has 154 valence electrons. The maximum absolute atomic E-state index is 12.5. The van der Waals surface area contributed by atoms with Crippen LogP contribution in [0.15, 0.2) is 0 Å². The van der Waals surface area contributed by atoms with Gasteiger partial charge in [-0.05, 0) is 33.1 Å². The lowest BCUT2D eigenvalue weighted by Crippen LogP contribution is -2.49. The number of ether oxygens (including phenoxy) is 3. The predicted molar refractivity (Wildman–Crippen MR) is 93.1 cm³/mol. The first-order valence-electron chi connectivity index (χ1n) is 9.08. The fourth-order valence-electron chi connectivity index (χ4n) is 3.55. The van der Waals surface area contributed by atoms with Crippen molar-refractivity contribution < 1.29 is 38.8 Å². The monoisotopic (exact) mass is 386 g/mol. The van der Waals surface area contributed by atoms with E-state index in [9.17, 15) is 24.6 Å². The Balaban J connectivity index is 2.10. The minimum atomic E-state index is -1.58. The van der Waals surface area contributed by atoms with Crippen LogP contribution in [0.2, 0.25) is 0 Å². The average molecular weight is 386 g/mol. The second-order valence-electron chi connectivity index (χ2n) is 9.40. The van der Waals surface area contributed by atoms with Gasteiger partial charge in [0.25, 0.3) is 6.29 Å². The number of hydrogen-bond donors (Lipinski definition) is 2. The van der Waals surface area contributed by atoms with Crippen molar-refractivity contribution in [1.82, 2.24) is 0 Å². The lowest BCUT2D eigenvalue weighted by atomic mass is 9.63. The molecule has 0 unspecified atom stereocenters. The van der Waals surface area contributed by atoms with Crippen LogP contribution in [0.1, 0.15) is 61.3 Å². The molecule has 0 aromatic heterocycles. The van der Waals surface area contributed by atoms with Gasteiger partial charge >= 0.3 is 17.9 Å². The van der Waals surface area contributed by atoms with Crippen LogP contribution < -0.4 is 0 Å². The summed E-state index contributed by atoms with van der Waals surface area (Å²) >= 11 is 0. The smallest absolute Gasteiger partial charge is 0.338 e. The topological polar surface area (TPSA) is 119 Å². The average Bonchev–Trinajstić information content (AvgIpc) is 2.79. The van der Waals surface area contributed by atoms with Crippen LogP contribution >= 0.6 is 0 Å². The molecule has 2 heterocycles. The van der Waals surface area contributed by atoms with Gasteiger partial charge in [-0.3, -0.25) is 9.59 Å². The molecule has 2 saturated heterocycles. The first-order valence-corrected chi connectivity index (χ1v) is 9.08. The molecule has 2 fully saturated rings. The van der Waals surface area contributed by atoms with Crippen molar-refractivity contribution in [3.05, 3.63) is 0 Å². The van der Waals surface area contributed by atoms with Crippen LogP contribution in [-0.2, 0) is 28.6 Å². The largest absolute Gasteiger partial charge is 0.463 e. The van der Waals surface area contributed by atoms with Gasteiger partial charge in [0.1, 0.15) is 6.10 Å². The summed E-state index contributed by atoms with van der Waals surface area (Å²) in [5, 5.41) is 20.8. The van der Waals surface area contributed by atoms with Gasteiger partial charge in [-0.2, -0.15) is 0 Å². The Morgan fingerprint density at radius 1 is 1.22 bits per heavy atom. The molecule has 0 amide bonds. The van der Waals surface area contributed by atoms with E-state index in [1.165, 1.54) is 13.8 Å². The lowest BCUT2D eigenvalue weighted by Gasteiger charge is -2.39. The lowest BCUT2D eigenvalue weighted by molar-refractivity contribution is -0.174. The van der Waals surface area contributed by atoms with Crippen molar-refractivity contribution in [3.63, 3.8) is 0 Å². The van der Waals surface area contributed by atoms with E-state index < -0.39 is 58.3 Å². The highest BCUT2D eigenvalue weighted by atomic mass is 16.7. The van der Waals surface area contributed by atoms with E-state index in [2.05, 4.69) is 0 Å². The highest BCUT2D eigenvalue weighted by Gasteiger charge is 2.73. The molecule has 27 heavy (non-hydrogen) atoms. The van der Waals surface area contributed by atoms with Crippen molar-refractivity contribution in [1.29, 1.82) is 0 Å². The van der Waals surface area contributed by atoms with Crippen molar-refractivity contribution in [2.24, 2.45) is 16.2 Å². The minimum Gasteiger partial charge on any atom is -0.463 e. The van der Waals surface area contributed by atoms with E-state index >= 15 is 0 Å². The fraction of sp³-hybridized carbons (Fsp3) is 0.842. The van der Waals surface area contributed by atoms with Crippen LogP contribution in [0.25, 0.3) is 0 Å². The van der Waals surface area contributed by atoms with Crippen molar-refractivity contribution in [2.75, 3.05) is 0 Å². The van der Waals surface area contributed by atoms with Gasteiger partial charge in [0.2, 0.25) is 0 Å². The number of hydrogen-bond acceptors (Lipinski definition) is 8. The molecular weight excluding hydrogens is 356 g/mol. The quantitative estimate of drug-likeness (QED) is 0.679. The number of aliphatic hydroxyl groups is 2. The third-order valence-electron chi connectivity index (χ3n) is 6.49. The zero-order valence-corrected chi connectivity index (χ0v) is 17.0. The predicted octanol–water partition coefficient (Wildman–Crippen LogP) is 1.31. The van der Waals surface area contributed by atoms with Crippen LogP contribution in [0, 0.1) is 16.2 Å². The summed E-state index contributed by atoms with van der Waals surface area (Å²) in [4.78, 5) is 36.6. The van der Waals surface area contributed by atoms with Crippen molar-refractivity contribution in [3.8, 4) is 0 Å². The number of rotatable bonds is 5. The second-order valence-corrected chi connectivity index (χ2v) is 9.40. The van der Waals surface area contributed by atoms with E-state index in [1.807, 2.05) is 20.8 Å². The Bertz CT molecular complexity index is 649. The summed E-state index contributed by atoms with van der Waals surface area (Å²) in [6, 6.07) is 0. The van der Waals surface area contributed by atoms with Crippen LogP contribution in [-0.4, -0.2) is 52.2 Å². The molecule has 8 nitrogen and oxygen atoms in total. The molecule has 0 aromatic rings. The normalized spacial score (nSPS) is 36.5. The molecule has 0 aromatic carbocycles. The Labute approximate surface area is 159 Å². The highest BCUT2D eigenvalue weighted by Crippen LogP contribution is 2.57. The maximum atomic E-state index is 12.5. The van der Waals surface area contributed by atoms with Crippen LogP contribution in [0.3, 0.4) is 0 Å². The van der Waals surface area contributed by atoms with E-state index in [-0.39, 0.29) is 12.8 Å².